The van der Waals surface area contributed by atoms with Gasteiger partial charge in [-0.1, -0.05) is 0 Å². The van der Waals surface area contributed by atoms with Gasteiger partial charge in [0.05, 0.1) is 12.2 Å². The Balaban J connectivity index is 2.54. The summed E-state index contributed by atoms with van der Waals surface area (Å²) in [6.07, 6.45) is 0. The van der Waals surface area contributed by atoms with E-state index in [9.17, 15) is 4.79 Å². The summed E-state index contributed by atoms with van der Waals surface area (Å²) in [5, 5.41) is 2.47. The van der Waals surface area contributed by atoms with Crippen LogP contribution in [-0.2, 0) is 4.74 Å². The molecule has 0 bridgehead atoms. The molecule has 0 aliphatic rings. The summed E-state index contributed by atoms with van der Waals surface area (Å²) in [5.74, 6) is -0.298. The predicted octanol–water partition coefficient (Wildman–Crippen LogP) is 0.545. The van der Waals surface area contributed by atoms with Crippen LogP contribution in [0.25, 0.3) is 0 Å². The highest BCUT2D eigenvalue weighted by atomic mass is 32.1. The molecule has 1 heterocycles. The van der Waals surface area contributed by atoms with Crippen molar-refractivity contribution in [1.29, 1.82) is 0 Å². The normalized spacial score (nSPS) is 9.86. The van der Waals surface area contributed by atoms with Gasteiger partial charge in [0, 0.05) is 11.4 Å². The third-order valence-electron chi connectivity index (χ3n) is 1.48. The summed E-state index contributed by atoms with van der Waals surface area (Å²) in [7, 11) is 0. The number of ether oxygens (including phenoxy) is 2. The van der Waals surface area contributed by atoms with Crippen molar-refractivity contribution in [2.45, 2.75) is 6.92 Å². The van der Waals surface area contributed by atoms with Gasteiger partial charge in [0.1, 0.15) is 13.2 Å². The van der Waals surface area contributed by atoms with E-state index in [1.165, 1.54) is 11.3 Å². The van der Waals surface area contributed by atoms with Crippen molar-refractivity contribution in [1.82, 2.24) is 0 Å². The highest BCUT2D eigenvalue weighted by molar-refractivity contribution is 7.12. The second kappa shape index (κ2) is 5.62. The van der Waals surface area contributed by atoms with E-state index < -0.39 is 0 Å². The first-order valence-electron chi connectivity index (χ1n) is 4.45. The van der Waals surface area contributed by atoms with Crippen LogP contribution in [0, 0.1) is 0 Å². The largest absolute Gasteiger partial charge is 0.478 e. The van der Waals surface area contributed by atoms with Crippen molar-refractivity contribution in [3.05, 3.63) is 17.0 Å². The predicted molar refractivity (Wildman–Crippen MR) is 53.5 cm³/mol. The molecule has 0 saturated heterocycles. The second-order valence-electron chi connectivity index (χ2n) is 2.58. The van der Waals surface area contributed by atoms with E-state index in [0.717, 1.165) is 5.06 Å². The number of hydrogen-bond donors (Lipinski definition) is 1. The molecule has 0 aliphatic carbocycles. The molecule has 0 amide bonds. The highest BCUT2D eigenvalue weighted by Crippen LogP contribution is 2.23. The van der Waals surface area contributed by atoms with Crippen molar-refractivity contribution in [3.8, 4) is 5.06 Å². The first kappa shape index (κ1) is 11.0. The number of hydrogen-bond acceptors (Lipinski definition) is 4. The van der Waals surface area contributed by atoms with Gasteiger partial charge in [-0.15, -0.1) is 11.3 Å². The molecule has 0 aromatic carbocycles. The van der Waals surface area contributed by atoms with Crippen molar-refractivity contribution in [3.63, 3.8) is 0 Å². The fraction of sp³-hybridized carbons (Fsp3) is 0.444. The monoisotopic (exact) mass is 216 g/mol. The summed E-state index contributed by atoms with van der Waals surface area (Å²) in [6, 6.07) is 1.69. The Bertz CT molecular complexity index is 298. The van der Waals surface area contributed by atoms with Gasteiger partial charge in [0.15, 0.2) is 5.06 Å². The molecule has 1 aromatic rings. The van der Waals surface area contributed by atoms with Gasteiger partial charge in [0.2, 0.25) is 0 Å². The van der Waals surface area contributed by atoms with Gasteiger partial charge in [0.25, 0.3) is 0 Å². The Labute approximate surface area is 86.6 Å². The zero-order valence-corrected chi connectivity index (χ0v) is 8.93. The smallest absolute Gasteiger partial charge is 0.339 e. The van der Waals surface area contributed by atoms with E-state index in [1.807, 2.05) is 0 Å². The van der Waals surface area contributed by atoms with Crippen LogP contribution in [0.4, 0.5) is 0 Å². The molecule has 0 fully saturated rings. The molecule has 3 N–H and O–H groups in total. The Hall–Kier alpha value is -1.07. The Morgan fingerprint density at radius 3 is 3.07 bits per heavy atom. The van der Waals surface area contributed by atoms with Crippen LogP contribution >= 0.6 is 11.3 Å². The molecule has 0 spiro atoms. The molecule has 4 nitrogen and oxygen atoms in total. The molecule has 0 saturated carbocycles. The minimum atomic E-state index is -0.298. The highest BCUT2D eigenvalue weighted by Gasteiger charge is 2.09. The lowest BCUT2D eigenvalue weighted by atomic mass is 10.3. The van der Waals surface area contributed by atoms with Crippen LogP contribution in [0.15, 0.2) is 11.4 Å². The lowest BCUT2D eigenvalue weighted by Crippen LogP contribution is -2.52. The second-order valence-corrected chi connectivity index (χ2v) is 3.45. The van der Waals surface area contributed by atoms with Gasteiger partial charge in [-0.2, -0.15) is 0 Å². The average Bonchev–Trinajstić information content (AvgIpc) is 2.63. The van der Waals surface area contributed by atoms with E-state index in [1.54, 1.807) is 18.4 Å². The lowest BCUT2D eigenvalue weighted by molar-refractivity contribution is -0.370. The van der Waals surface area contributed by atoms with Crippen LogP contribution in [0.5, 0.6) is 5.06 Å². The quantitative estimate of drug-likeness (QED) is 0.731. The van der Waals surface area contributed by atoms with Crippen molar-refractivity contribution < 1.29 is 20.0 Å². The minimum Gasteiger partial charge on any atom is -0.478 e. The van der Waals surface area contributed by atoms with Gasteiger partial charge in [-0.3, -0.25) is 0 Å². The molecule has 78 valence electrons. The van der Waals surface area contributed by atoms with E-state index >= 15 is 0 Å². The van der Waals surface area contributed by atoms with Gasteiger partial charge < -0.3 is 15.2 Å². The number of carbonyl (C=O) groups excluding carboxylic acids is 1. The van der Waals surface area contributed by atoms with Crippen LogP contribution in [0.1, 0.15) is 17.3 Å². The maximum absolute atomic E-state index is 11.2. The summed E-state index contributed by atoms with van der Waals surface area (Å²) in [6.45, 7) is 3.46. The molecular weight excluding hydrogens is 202 g/mol. The van der Waals surface area contributed by atoms with Gasteiger partial charge >= 0.3 is 5.97 Å². The first-order valence-corrected chi connectivity index (χ1v) is 5.33. The van der Waals surface area contributed by atoms with Crippen molar-refractivity contribution in [2.24, 2.45) is 0 Å². The van der Waals surface area contributed by atoms with Crippen molar-refractivity contribution >= 4 is 17.3 Å². The van der Waals surface area contributed by atoms with Crippen LogP contribution < -0.4 is 10.5 Å². The average molecular weight is 216 g/mol. The third-order valence-corrected chi connectivity index (χ3v) is 2.31. The summed E-state index contributed by atoms with van der Waals surface area (Å²) >= 11 is 1.39. The zero-order chi connectivity index (χ0) is 10.4. The summed E-state index contributed by atoms with van der Waals surface area (Å²) < 4.78 is 10.2. The van der Waals surface area contributed by atoms with Gasteiger partial charge in [-0.05, 0) is 6.92 Å². The molecular formula is C9H14NO3S+. The molecule has 0 atom stereocenters. The van der Waals surface area contributed by atoms with Crippen molar-refractivity contribution in [2.75, 3.05) is 19.8 Å². The Kier molecular flexibility index (Phi) is 4.42. The standard InChI is InChI=1S/C9H13NO3S/c1-2-12-9(11)7-5-8(14-6-7)13-4-3-10/h5-6H,2-4,10H2,1H3/p+1. The molecule has 1 rings (SSSR count). The molecule has 14 heavy (non-hydrogen) atoms. The van der Waals surface area contributed by atoms with Crippen LogP contribution in [0.2, 0.25) is 0 Å². The zero-order valence-electron chi connectivity index (χ0n) is 8.12. The van der Waals surface area contributed by atoms with Crippen LogP contribution in [-0.4, -0.2) is 25.7 Å². The number of quaternary nitrogens is 1. The summed E-state index contributed by atoms with van der Waals surface area (Å²) in [5.41, 5.74) is 4.21. The van der Waals surface area contributed by atoms with Crippen LogP contribution in [0.3, 0.4) is 0 Å². The van der Waals surface area contributed by atoms with E-state index in [2.05, 4.69) is 5.73 Å². The molecule has 0 unspecified atom stereocenters. The van der Waals surface area contributed by atoms with E-state index in [-0.39, 0.29) is 5.97 Å². The first-order chi connectivity index (χ1) is 6.77. The van der Waals surface area contributed by atoms with Gasteiger partial charge in [-0.25, -0.2) is 4.79 Å². The maximum atomic E-state index is 11.2. The molecule has 0 radical (unpaired) electrons. The number of thiophene rings is 1. The molecule has 0 aliphatic heterocycles. The third kappa shape index (κ3) is 3.01. The number of rotatable bonds is 5. The topological polar surface area (TPSA) is 63.2 Å². The van der Waals surface area contributed by atoms with E-state index in [4.69, 9.17) is 9.47 Å². The lowest BCUT2D eigenvalue weighted by Gasteiger charge is -1.98. The minimum absolute atomic E-state index is 0.298. The number of carbonyl (C=O) groups is 1. The van der Waals surface area contributed by atoms with E-state index in [0.29, 0.717) is 25.3 Å². The Morgan fingerprint density at radius 1 is 1.64 bits per heavy atom. The number of esters is 1. The molecule has 5 heteroatoms. The fourth-order valence-electron chi connectivity index (χ4n) is 0.886. The SMILES string of the molecule is CCOC(=O)c1csc(OCC[NH3+])c1. The molecule has 1 aromatic heterocycles. The Morgan fingerprint density at radius 2 is 2.43 bits per heavy atom. The fourth-order valence-corrected chi connectivity index (χ4v) is 1.64. The maximum Gasteiger partial charge on any atom is 0.339 e. The summed E-state index contributed by atoms with van der Waals surface area (Å²) in [4.78, 5) is 11.2.